The Morgan fingerprint density at radius 3 is 2.28 bits per heavy atom. The van der Waals surface area contributed by atoms with Crippen LogP contribution in [0.1, 0.15) is 0 Å². The Morgan fingerprint density at radius 2 is 1.83 bits per heavy atom. The quantitative estimate of drug-likeness (QED) is 0.763. The maximum absolute atomic E-state index is 13.4. The molecule has 0 atom stereocenters. The minimum absolute atomic E-state index is 0.514. The van der Waals surface area contributed by atoms with E-state index in [2.05, 4.69) is 4.74 Å². The summed E-state index contributed by atoms with van der Waals surface area (Å²) in [6, 6.07) is 2.69. The molecule has 0 unspecified atom stereocenters. The van der Waals surface area contributed by atoms with Crippen LogP contribution in [0.25, 0.3) is 0 Å². The van der Waals surface area contributed by atoms with Crippen LogP contribution in [-0.4, -0.2) is 39.4 Å². The van der Waals surface area contributed by atoms with Crippen molar-refractivity contribution < 1.29 is 26.7 Å². The van der Waals surface area contributed by atoms with Crippen molar-refractivity contribution in [2.45, 2.75) is 4.90 Å². The lowest BCUT2D eigenvalue weighted by Gasteiger charge is -2.16. The maximum Gasteiger partial charge on any atom is 0.321 e. The lowest BCUT2D eigenvalue weighted by molar-refractivity contribution is -0.140. The van der Waals surface area contributed by atoms with E-state index in [1.54, 1.807) is 0 Å². The van der Waals surface area contributed by atoms with Crippen LogP contribution in [-0.2, 0) is 19.6 Å². The number of carbonyl (C=O) groups excluding carboxylic acids is 1. The highest BCUT2D eigenvalue weighted by Gasteiger charge is 2.29. The summed E-state index contributed by atoms with van der Waals surface area (Å²) in [7, 11) is -2.32. The minimum Gasteiger partial charge on any atom is -0.468 e. The molecule has 100 valence electrons. The second kappa shape index (κ2) is 5.40. The molecule has 0 radical (unpaired) electrons. The molecule has 0 saturated heterocycles. The molecule has 0 N–H and O–H groups in total. The zero-order chi connectivity index (χ0) is 13.9. The van der Waals surface area contributed by atoms with Crippen molar-refractivity contribution in [2.75, 3.05) is 20.7 Å². The fourth-order valence-electron chi connectivity index (χ4n) is 1.22. The van der Waals surface area contributed by atoms with Gasteiger partial charge in [0.1, 0.15) is 18.2 Å². The van der Waals surface area contributed by atoms with Gasteiger partial charge in [-0.05, 0) is 12.1 Å². The van der Waals surface area contributed by atoms with Gasteiger partial charge in [-0.25, -0.2) is 17.2 Å². The number of halogens is 2. The van der Waals surface area contributed by atoms with E-state index in [9.17, 15) is 22.0 Å². The Kier molecular flexibility index (Phi) is 4.36. The molecule has 0 spiro atoms. The first kappa shape index (κ1) is 14.5. The number of likely N-dealkylation sites (N-methyl/N-ethyl adjacent to an activating group) is 1. The number of sulfonamides is 1. The van der Waals surface area contributed by atoms with Gasteiger partial charge < -0.3 is 4.74 Å². The van der Waals surface area contributed by atoms with E-state index in [1.165, 1.54) is 0 Å². The Morgan fingerprint density at radius 1 is 1.33 bits per heavy atom. The van der Waals surface area contributed by atoms with E-state index in [0.29, 0.717) is 4.31 Å². The average molecular weight is 279 g/mol. The summed E-state index contributed by atoms with van der Waals surface area (Å²) < 4.78 is 55.2. The van der Waals surface area contributed by atoms with Crippen LogP contribution in [0.3, 0.4) is 0 Å². The van der Waals surface area contributed by atoms with E-state index >= 15 is 0 Å². The topological polar surface area (TPSA) is 63.7 Å². The van der Waals surface area contributed by atoms with Crippen molar-refractivity contribution in [3.63, 3.8) is 0 Å². The van der Waals surface area contributed by atoms with Crippen LogP contribution in [0.5, 0.6) is 0 Å². The number of methoxy groups -OCH3 is 1. The van der Waals surface area contributed by atoms with E-state index < -0.39 is 39.1 Å². The van der Waals surface area contributed by atoms with Gasteiger partial charge in [0.2, 0.25) is 10.0 Å². The van der Waals surface area contributed by atoms with Crippen LogP contribution in [0.4, 0.5) is 8.78 Å². The first-order chi connectivity index (χ1) is 8.30. The van der Waals surface area contributed by atoms with Gasteiger partial charge in [0.05, 0.1) is 7.11 Å². The van der Waals surface area contributed by atoms with Crippen molar-refractivity contribution in [1.82, 2.24) is 4.31 Å². The third-order valence-corrected chi connectivity index (χ3v) is 4.02. The SMILES string of the molecule is COC(=O)CN(C)S(=O)(=O)c1c(F)cccc1F. The monoisotopic (exact) mass is 279 g/mol. The predicted molar refractivity (Wildman–Crippen MR) is 58.2 cm³/mol. The first-order valence-electron chi connectivity index (χ1n) is 4.78. The van der Waals surface area contributed by atoms with Crippen molar-refractivity contribution in [2.24, 2.45) is 0 Å². The highest BCUT2D eigenvalue weighted by atomic mass is 32.2. The van der Waals surface area contributed by atoms with Gasteiger partial charge in [-0.1, -0.05) is 6.07 Å². The van der Waals surface area contributed by atoms with Crippen LogP contribution in [0, 0.1) is 11.6 Å². The van der Waals surface area contributed by atoms with E-state index in [1.807, 2.05) is 0 Å². The van der Waals surface area contributed by atoms with Crippen LogP contribution >= 0.6 is 0 Å². The number of nitrogens with zero attached hydrogens (tertiary/aromatic N) is 1. The molecular formula is C10H11F2NO4S. The van der Waals surface area contributed by atoms with E-state index in [-0.39, 0.29) is 0 Å². The van der Waals surface area contributed by atoms with Crippen molar-refractivity contribution >= 4 is 16.0 Å². The Balaban J connectivity index is 3.18. The van der Waals surface area contributed by atoms with Gasteiger partial charge in [-0.2, -0.15) is 4.31 Å². The summed E-state index contributed by atoms with van der Waals surface area (Å²) in [5.41, 5.74) is 0. The fourth-order valence-corrected chi connectivity index (χ4v) is 2.43. The van der Waals surface area contributed by atoms with Gasteiger partial charge >= 0.3 is 5.97 Å². The van der Waals surface area contributed by atoms with E-state index in [4.69, 9.17) is 0 Å². The molecular weight excluding hydrogens is 268 g/mol. The molecule has 8 heteroatoms. The first-order valence-corrected chi connectivity index (χ1v) is 6.22. The minimum atomic E-state index is -4.42. The second-order valence-corrected chi connectivity index (χ2v) is 5.37. The van der Waals surface area contributed by atoms with E-state index in [0.717, 1.165) is 32.4 Å². The van der Waals surface area contributed by atoms with Gasteiger partial charge in [0, 0.05) is 7.05 Å². The summed E-state index contributed by atoms with van der Waals surface area (Å²) in [6.07, 6.45) is 0. The lowest BCUT2D eigenvalue weighted by Crippen LogP contribution is -2.33. The van der Waals surface area contributed by atoms with Gasteiger partial charge in [-0.15, -0.1) is 0 Å². The average Bonchev–Trinajstić information content (AvgIpc) is 2.28. The summed E-state index contributed by atoms with van der Waals surface area (Å²) in [6.45, 7) is -0.632. The van der Waals surface area contributed by atoms with Gasteiger partial charge in [0.15, 0.2) is 4.90 Å². The summed E-state index contributed by atoms with van der Waals surface area (Å²) in [5, 5.41) is 0. The standard InChI is InChI=1S/C10H11F2NO4S/c1-13(6-9(14)17-2)18(15,16)10-7(11)4-3-5-8(10)12/h3-5H,6H2,1-2H3. The van der Waals surface area contributed by atoms with Crippen LogP contribution in [0.2, 0.25) is 0 Å². The molecule has 1 aromatic carbocycles. The highest BCUT2D eigenvalue weighted by Crippen LogP contribution is 2.21. The Hall–Kier alpha value is -1.54. The van der Waals surface area contributed by atoms with Crippen LogP contribution in [0.15, 0.2) is 23.1 Å². The number of rotatable bonds is 4. The number of hydrogen-bond donors (Lipinski definition) is 0. The summed E-state index contributed by atoms with van der Waals surface area (Å²) in [5.74, 6) is -3.27. The van der Waals surface area contributed by atoms with Crippen LogP contribution < -0.4 is 0 Å². The van der Waals surface area contributed by atoms with Crippen molar-refractivity contribution in [1.29, 1.82) is 0 Å². The van der Waals surface area contributed by atoms with Gasteiger partial charge in [-0.3, -0.25) is 4.79 Å². The third kappa shape index (κ3) is 2.82. The number of hydrogen-bond acceptors (Lipinski definition) is 4. The molecule has 0 amide bonds. The maximum atomic E-state index is 13.4. The van der Waals surface area contributed by atoms with Crippen molar-refractivity contribution in [3.05, 3.63) is 29.8 Å². The number of benzene rings is 1. The lowest BCUT2D eigenvalue weighted by atomic mass is 10.3. The molecule has 18 heavy (non-hydrogen) atoms. The molecule has 1 aromatic rings. The molecule has 5 nitrogen and oxygen atoms in total. The molecule has 0 aliphatic heterocycles. The zero-order valence-corrected chi connectivity index (χ0v) is 10.5. The molecule has 0 aliphatic rings. The molecule has 0 saturated carbocycles. The molecule has 0 fully saturated rings. The van der Waals surface area contributed by atoms with Gasteiger partial charge in [0.25, 0.3) is 0 Å². The summed E-state index contributed by atoms with van der Waals surface area (Å²) in [4.78, 5) is 9.87. The molecule has 0 bridgehead atoms. The zero-order valence-electron chi connectivity index (χ0n) is 9.68. The molecule has 0 aromatic heterocycles. The molecule has 0 aliphatic carbocycles. The normalized spacial score (nSPS) is 11.6. The smallest absolute Gasteiger partial charge is 0.321 e. The number of ether oxygens (including phenoxy) is 1. The Bertz CT molecular complexity index is 539. The predicted octanol–water partition coefficient (Wildman–Crippen LogP) is 0.758. The Labute approximate surface area is 103 Å². The highest BCUT2D eigenvalue weighted by molar-refractivity contribution is 7.89. The molecule has 0 heterocycles. The van der Waals surface area contributed by atoms with Crippen molar-refractivity contribution in [3.8, 4) is 0 Å². The second-order valence-electron chi connectivity index (χ2n) is 3.39. The summed E-state index contributed by atoms with van der Waals surface area (Å²) >= 11 is 0. The number of carbonyl (C=O) groups is 1. The third-order valence-electron chi connectivity index (χ3n) is 2.17. The number of esters is 1. The largest absolute Gasteiger partial charge is 0.468 e. The molecule has 1 rings (SSSR count). The fraction of sp³-hybridized carbons (Fsp3) is 0.300.